The summed E-state index contributed by atoms with van der Waals surface area (Å²) in [4.78, 5) is 0. The van der Waals surface area contributed by atoms with E-state index in [1.165, 1.54) is 47.9 Å². The van der Waals surface area contributed by atoms with Crippen LogP contribution in [0.15, 0.2) is 74.6 Å². The fraction of sp³-hybridized carbons (Fsp3) is 0.0833. The van der Waals surface area contributed by atoms with Crippen molar-refractivity contribution in [3.63, 3.8) is 0 Å². The third-order valence-electron chi connectivity index (χ3n) is 5.29. The molecule has 0 aliphatic carbocycles. The van der Waals surface area contributed by atoms with E-state index >= 15 is 0 Å². The zero-order valence-electron chi connectivity index (χ0n) is 17.5. The van der Waals surface area contributed by atoms with Gasteiger partial charge in [0.15, 0.2) is 11.5 Å². The highest BCUT2D eigenvalue weighted by Crippen LogP contribution is 2.47. The normalized spacial score (nSPS) is 14.2. The summed E-state index contributed by atoms with van der Waals surface area (Å²) in [6, 6.07) is 10.3. The quantitative estimate of drug-likeness (QED) is 0.254. The number of hydrazone groups is 1. The number of thiophene rings is 1. The Bertz CT molecular complexity index is 1440. The molecule has 35 heavy (non-hydrogen) atoms. The smallest absolute Gasteiger partial charge is 0.355 e. The molecule has 0 amide bonds. The van der Waals surface area contributed by atoms with Gasteiger partial charge in [-0.25, -0.2) is 13.8 Å². The number of benzene rings is 2. The van der Waals surface area contributed by atoms with Crippen molar-refractivity contribution in [3.05, 3.63) is 87.4 Å². The molecule has 2 aromatic heterocycles. The number of halogens is 6. The lowest BCUT2D eigenvalue weighted by Gasteiger charge is -2.29. The summed E-state index contributed by atoms with van der Waals surface area (Å²) in [6.45, 7) is 0. The molecule has 4 aromatic rings. The fourth-order valence-electron chi connectivity index (χ4n) is 3.86. The van der Waals surface area contributed by atoms with Crippen LogP contribution in [0.5, 0.6) is 0 Å². The van der Waals surface area contributed by atoms with Gasteiger partial charge in [-0.15, -0.1) is 0 Å². The average molecular weight is 522 g/mol. The molecule has 0 bridgehead atoms. The lowest BCUT2D eigenvalue weighted by atomic mass is 9.95. The zero-order chi connectivity index (χ0) is 24.7. The van der Waals surface area contributed by atoms with E-state index in [2.05, 4.69) is 10.3 Å². The summed E-state index contributed by atoms with van der Waals surface area (Å²) >= 11 is 7.53. The summed E-state index contributed by atoms with van der Waals surface area (Å²) in [6.07, 6.45) is -3.89. The van der Waals surface area contributed by atoms with Gasteiger partial charge in [0, 0.05) is 18.2 Å². The second kappa shape index (κ2) is 8.94. The molecule has 3 heterocycles. The van der Waals surface area contributed by atoms with Crippen molar-refractivity contribution in [3.8, 4) is 22.4 Å². The van der Waals surface area contributed by atoms with Crippen molar-refractivity contribution in [1.29, 1.82) is 0 Å². The number of nitrogens with zero attached hydrogens (tertiary/aromatic N) is 3. The third-order valence-corrected chi connectivity index (χ3v) is 6.29. The summed E-state index contributed by atoms with van der Waals surface area (Å²) in [5.41, 5.74) is -1.06. The lowest BCUT2D eigenvalue weighted by molar-refractivity contribution is -0.0930. The van der Waals surface area contributed by atoms with Crippen LogP contribution in [0, 0.1) is 11.6 Å². The van der Waals surface area contributed by atoms with Gasteiger partial charge >= 0.3 is 6.18 Å². The van der Waals surface area contributed by atoms with E-state index in [0.29, 0.717) is 10.6 Å². The van der Waals surface area contributed by atoms with Crippen molar-refractivity contribution >= 4 is 40.4 Å². The Morgan fingerprint density at radius 1 is 1.03 bits per heavy atom. The Balaban J connectivity index is 1.79. The minimum absolute atomic E-state index is 0.0259. The predicted octanol–water partition coefficient (Wildman–Crippen LogP) is 8.17. The summed E-state index contributed by atoms with van der Waals surface area (Å²) in [7, 11) is 0. The Morgan fingerprint density at radius 3 is 2.51 bits per heavy atom. The van der Waals surface area contributed by atoms with Crippen LogP contribution in [-0.4, -0.2) is 17.5 Å². The monoisotopic (exact) mass is 521 g/mol. The molecule has 5 rings (SSSR count). The third kappa shape index (κ3) is 4.23. The highest BCUT2D eigenvalue weighted by atomic mass is 35.5. The molecule has 0 spiro atoms. The first-order chi connectivity index (χ1) is 16.8. The van der Waals surface area contributed by atoms with E-state index in [1.807, 2.05) is 0 Å². The average Bonchev–Trinajstić information content (AvgIpc) is 3.48. The van der Waals surface area contributed by atoms with Crippen molar-refractivity contribution in [1.82, 2.24) is 5.16 Å². The van der Waals surface area contributed by atoms with Crippen LogP contribution in [0.1, 0.15) is 12.2 Å². The minimum Gasteiger partial charge on any atom is -0.355 e. The molecular formula is C24H13ClF5N3OS. The molecule has 0 saturated heterocycles. The van der Waals surface area contributed by atoms with Crippen molar-refractivity contribution < 1.29 is 26.5 Å². The van der Waals surface area contributed by atoms with E-state index in [0.717, 1.165) is 12.1 Å². The molecule has 0 fully saturated rings. The van der Waals surface area contributed by atoms with Gasteiger partial charge in [-0.05, 0) is 52.7 Å². The van der Waals surface area contributed by atoms with Crippen LogP contribution < -0.4 is 5.01 Å². The summed E-state index contributed by atoms with van der Waals surface area (Å²) in [5.74, 6) is -1.63. The minimum atomic E-state index is -4.89. The molecule has 0 saturated carbocycles. The molecule has 0 N–H and O–H groups in total. The van der Waals surface area contributed by atoms with Crippen molar-refractivity contribution in [2.24, 2.45) is 5.10 Å². The number of hydrogen-bond acceptors (Lipinski definition) is 5. The fourth-order valence-corrected chi connectivity index (χ4v) is 4.76. The molecule has 0 atom stereocenters. The van der Waals surface area contributed by atoms with E-state index in [-0.39, 0.29) is 45.3 Å². The van der Waals surface area contributed by atoms with Gasteiger partial charge in [-0.1, -0.05) is 28.9 Å². The SMILES string of the molecule is Fc1cccc(N2N=CCC(c3onc(-c4c(F)cccc4Cl)c3-c3ccsc3)=C2C(F)(F)F)c1. The van der Waals surface area contributed by atoms with Gasteiger partial charge in [0.05, 0.1) is 21.8 Å². The molecule has 0 unspecified atom stereocenters. The Kier molecular flexibility index (Phi) is 5.94. The van der Waals surface area contributed by atoms with Gasteiger partial charge < -0.3 is 4.52 Å². The first kappa shape index (κ1) is 23.3. The molecule has 4 nitrogen and oxygen atoms in total. The Labute approximate surface area is 204 Å². The molecule has 0 radical (unpaired) electrons. The van der Waals surface area contributed by atoms with Gasteiger partial charge in [-0.3, -0.25) is 0 Å². The van der Waals surface area contributed by atoms with Gasteiger partial charge in [0.2, 0.25) is 0 Å². The molecule has 178 valence electrons. The van der Waals surface area contributed by atoms with E-state index in [9.17, 15) is 22.0 Å². The van der Waals surface area contributed by atoms with Gasteiger partial charge in [-0.2, -0.15) is 29.6 Å². The van der Waals surface area contributed by atoms with Crippen LogP contribution >= 0.6 is 22.9 Å². The number of hydrogen-bond donors (Lipinski definition) is 0. The summed E-state index contributed by atoms with van der Waals surface area (Å²) in [5, 5.41) is 11.9. The van der Waals surface area contributed by atoms with E-state index < -0.39 is 23.5 Å². The number of aromatic nitrogens is 1. The van der Waals surface area contributed by atoms with Crippen molar-refractivity contribution in [2.45, 2.75) is 12.6 Å². The Hall–Kier alpha value is -3.50. The number of anilines is 1. The lowest BCUT2D eigenvalue weighted by Crippen LogP contribution is -2.31. The second-order valence-corrected chi connectivity index (χ2v) is 8.65. The molecule has 1 aliphatic heterocycles. The van der Waals surface area contributed by atoms with Crippen LogP contribution in [0.4, 0.5) is 27.6 Å². The number of alkyl halides is 3. The van der Waals surface area contributed by atoms with E-state index in [4.69, 9.17) is 16.1 Å². The molecule has 1 aliphatic rings. The van der Waals surface area contributed by atoms with Gasteiger partial charge in [0.1, 0.15) is 17.3 Å². The van der Waals surface area contributed by atoms with Gasteiger partial charge in [0.25, 0.3) is 0 Å². The second-order valence-electron chi connectivity index (χ2n) is 7.46. The predicted molar refractivity (Wildman–Crippen MR) is 125 cm³/mol. The maximum Gasteiger partial charge on any atom is 0.433 e. The first-order valence-corrected chi connectivity index (χ1v) is 11.4. The first-order valence-electron chi connectivity index (χ1n) is 10.1. The highest BCUT2D eigenvalue weighted by molar-refractivity contribution is 7.08. The van der Waals surface area contributed by atoms with Crippen LogP contribution in [-0.2, 0) is 0 Å². The number of allylic oxidation sites excluding steroid dienone is 2. The number of rotatable bonds is 4. The standard InChI is InChI=1S/C24H13ClF5N3OS/c25-17-5-2-6-18(27)20(17)21-19(13-8-10-35-12-13)22(34-32-21)16-7-9-31-33(23(16)24(28,29)30)15-4-1-3-14(26)11-15/h1-6,8-12H,7H2. The Morgan fingerprint density at radius 2 is 1.83 bits per heavy atom. The molecular weight excluding hydrogens is 509 g/mol. The maximum absolute atomic E-state index is 14.8. The maximum atomic E-state index is 14.8. The molecule has 11 heteroatoms. The van der Waals surface area contributed by atoms with Crippen LogP contribution in [0.2, 0.25) is 5.02 Å². The van der Waals surface area contributed by atoms with E-state index in [1.54, 1.807) is 16.8 Å². The van der Waals surface area contributed by atoms with Crippen LogP contribution in [0.3, 0.4) is 0 Å². The highest BCUT2D eigenvalue weighted by Gasteiger charge is 2.44. The van der Waals surface area contributed by atoms with Crippen molar-refractivity contribution in [2.75, 3.05) is 5.01 Å². The van der Waals surface area contributed by atoms with Crippen LogP contribution in [0.25, 0.3) is 28.0 Å². The molecule has 2 aromatic carbocycles. The summed E-state index contributed by atoms with van der Waals surface area (Å²) < 4.78 is 77.4. The zero-order valence-corrected chi connectivity index (χ0v) is 19.1. The largest absolute Gasteiger partial charge is 0.433 e. The topological polar surface area (TPSA) is 41.6 Å².